The third-order valence-corrected chi connectivity index (χ3v) is 14.7. The second kappa shape index (κ2) is 47.2. The summed E-state index contributed by atoms with van der Waals surface area (Å²) in [5.74, 6) is 0. The number of hydrogen-bond acceptors (Lipinski definition) is 0. The molecule has 0 heterocycles. The maximum absolute atomic E-state index is 2.32. The number of rotatable bonds is 30. The summed E-state index contributed by atoms with van der Waals surface area (Å²) < 4.78 is 0. The van der Waals surface area contributed by atoms with Gasteiger partial charge in [-0.1, -0.05) is 119 Å². The summed E-state index contributed by atoms with van der Waals surface area (Å²) in [6, 6.07) is 0. The van der Waals surface area contributed by atoms with Gasteiger partial charge in [-0.3, -0.25) is 0 Å². The molecule has 0 aromatic carbocycles. The van der Waals surface area contributed by atoms with Gasteiger partial charge < -0.3 is 0 Å². The zero-order chi connectivity index (χ0) is 31.1. The molecule has 0 aliphatic rings. The van der Waals surface area contributed by atoms with Crippen molar-refractivity contribution in [2.24, 2.45) is 0 Å². The second-order valence-electron chi connectivity index (χ2n) is 12.4. The molecular formula is C36H80I2NiP2+2. The molecule has 0 fully saturated rings. The van der Waals surface area contributed by atoms with Crippen molar-refractivity contribution in [3.8, 4) is 0 Å². The Kier molecular flexibility index (Phi) is 55.5. The van der Waals surface area contributed by atoms with Crippen LogP contribution in [0.15, 0.2) is 0 Å². The van der Waals surface area contributed by atoms with Gasteiger partial charge in [-0.05, 0) is 77.0 Å². The molecule has 0 N–H and O–H groups in total. The standard InChI is InChI=1S/2C18H39P.2HI.Ni/c2*1-4-7-10-13-16-19(17-14-11-8-5-2)18-15-12-9-6-3;;;/h2*4-18H2,1-3H3;2*1H;/q;;;;+2. The minimum atomic E-state index is 0.0139. The fraction of sp³-hybridized carbons (Fsp3) is 1.00. The van der Waals surface area contributed by atoms with E-state index in [2.05, 4.69) is 82.5 Å². The number of halogens is 2. The van der Waals surface area contributed by atoms with Gasteiger partial charge in [0.05, 0.1) is 37.0 Å². The Morgan fingerprint density at radius 2 is 0.439 bits per heavy atom. The number of hydrogen-bond donors (Lipinski definition) is 0. The predicted octanol–water partition coefficient (Wildman–Crippen LogP) is 15.7. The molecule has 0 aromatic rings. The van der Waals surface area contributed by atoms with E-state index >= 15 is 0 Å². The summed E-state index contributed by atoms with van der Waals surface area (Å²) in [5, 5.41) is 0. The summed E-state index contributed by atoms with van der Waals surface area (Å²) in [5.41, 5.74) is 0. The molecule has 0 saturated heterocycles. The molecular weight excluding hydrogens is 807 g/mol. The molecule has 0 aliphatic carbocycles. The van der Waals surface area contributed by atoms with Crippen molar-refractivity contribution in [2.45, 2.75) is 196 Å². The Hall–Kier alpha value is 2.81. The van der Waals surface area contributed by atoms with Crippen LogP contribution in [-0.4, -0.2) is 37.0 Å². The van der Waals surface area contributed by atoms with E-state index in [1.807, 2.05) is 0 Å². The van der Waals surface area contributed by atoms with Crippen LogP contribution in [0.3, 0.4) is 0 Å². The van der Waals surface area contributed by atoms with Crippen LogP contribution >= 0.6 is 56.8 Å². The average molecular weight is 887 g/mol. The van der Waals surface area contributed by atoms with Gasteiger partial charge in [0, 0.05) is 15.8 Å². The first-order valence-electron chi connectivity index (χ1n) is 18.6. The third kappa shape index (κ3) is 47.3. The molecule has 0 rings (SSSR count). The second-order valence-corrected chi connectivity index (χ2v) is 26.7. The Bertz CT molecular complexity index is 322. The maximum atomic E-state index is 2.32. The zero-order valence-electron chi connectivity index (χ0n) is 29.3. The summed E-state index contributed by atoms with van der Waals surface area (Å²) in [6.07, 6.45) is 44.9. The van der Waals surface area contributed by atoms with Gasteiger partial charge in [0.1, 0.15) is 0 Å². The van der Waals surface area contributed by atoms with Gasteiger partial charge in [-0.15, -0.1) is 0 Å². The van der Waals surface area contributed by atoms with Crippen LogP contribution in [0.25, 0.3) is 0 Å². The Morgan fingerprint density at radius 1 is 0.293 bits per heavy atom. The van der Waals surface area contributed by atoms with E-state index in [-0.39, 0.29) is 15.8 Å². The van der Waals surface area contributed by atoms with Crippen molar-refractivity contribution in [2.75, 3.05) is 37.0 Å². The fourth-order valence-corrected chi connectivity index (χ4v) is 11.6. The van der Waals surface area contributed by atoms with Gasteiger partial charge >= 0.3 is 49.0 Å². The first-order valence-corrected chi connectivity index (χ1v) is 29.2. The van der Waals surface area contributed by atoms with E-state index in [9.17, 15) is 0 Å². The van der Waals surface area contributed by atoms with Gasteiger partial charge in [0.25, 0.3) is 0 Å². The molecule has 0 atom stereocenters. The van der Waals surface area contributed by atoms with Crippen LogP contribution in [0, 0.1) is 0 Å². The Balaban J connectivity index is -0.000000642. The van der Waals surface area contributed by atoms with Crippen molar-refractivity contribution >= 4 is 56.8 Å². The summed E-state index contributed by atoms with van der Waals surface area (Å²) in [4.78, 5) is 0. The van der Waals surface area contributed by atoms with E-state index in [4.69, 9.17) is 0 Å². The van der Waals surface area contributed by atoms with Crippen molar-refractivity contribution in [3.05, 3.63) is 0 Å². The predicted molar refractivity (Wildman–Crippen MR) is 219 cm³/mol. The topological polar surface area (TPSA) is 0 Å². The van der Waals surface area contributed by atoms with Gasteiger partial charge in [-0.25, -0.2) is 0 Å². The molecule has 0 nitrogen and oxygen atoms in total. The Morgan fingerprint density at radius 3 is 0.561 bits per heavy atom. The van der Waals surface area contributed by atoms with Crippen LogP contribution < -0.4 is 0 Å². The molecule has 0 aromatic heterocycles. The molecule has 0 amide bonds. The fourth-order valence-electron chi connectivity index (χ4n) is 5.56. The molecule has 0 spiro atoms. The van der Waals surface area contributed by atoms with Crippen LogP contribution in [0.4, 0.5) is 0 Å². The quantitative estimate of drug-likeness (QED) is 0.0292. The van der Waals surface area contributed by atoms with Crippen molar-refractivity contribution in [1.29, 1.82) is 0 Å². The van der Waals surface area contributed by atoms with E-state index in [0.29, 0.717) is 0 Å². The molecule has 5 heteroatoms. The van der Waals surface area contributed by atoms with E-state index in [1.54, 1.807) is 45.0 Å². The average Bonchev–Trinajstić information content (AvgIpc) is 2.98. The first-order chi connectivity index (χ1) is 20.1. The molecule has 256 valence electrons. The molecule has 41 heavy (non-hydrogen) atoms. The number of unbranched alkanes of at least 4 members (excludes halogenated alkanes) is 18. The third-order valence-electron chi connectivity index (χ3n) is 8.30. The van der Waals surface area contributed by atoms with Crippen molar-refractivity contribution in [3.63, 3.8) is 0 Å². The van der Waals surface area contributed by atoms with Gasteiger partial charge in [-0.2, -0.15) is 0 Å². The van der Waals surface area contributed by atoms with E-state index < -0.39 is 0 Å². The van der Waals surface area contributed by atoms with Gasteiger partial charge in [0.15, 0.2) is 0 Å². The van der Waals surface area contributed by atoms with Crippen LogP contribution in [-0.2, 0) is 8.07 Å². The van der Waals surface area contributed by atoms with Crippen LogP contribution in [0.5, 0.6) is 0 Å². The normalized spacial score (nSPS) is 11.1. The molecule has 0 aliphatic heterocycles. The Labute approximate surface area is 294 Å². The van der Waals surface area contributed by atoms with Gasteiger partial charge in [0.2, 0.25) is 0 Å². The van der Waals surface area contributed by atoms with Crippen LogP contribution in [0.1, 0.15) is 196 Å². The summed E-state index contributed by atoms with van der Waals surface area (Å²) >= 11 is 4.43. The monoisotopic (exact) mass is 886 g/mol. The molecule has 0 unspecified atom stereocenters. The first kappa shape index (κ1) is 48.2. The van der Waals surface area contributed by atoms with Crippen molar-refractivity contribution < 1.29 is 8.07 Å². The molecule has 0 bridgehead atoms. The SMILES string of the molecule is CCCCCC[PH+](CCCCCC)CCCCCC.CCCCCC[PH+](CCCCCC)CCCCCC.[I][Ni][I]. The minimum absolute atomic E-state index is 0.0139. The molecule has 0 radical (unpaired) electrons. The van der Waals surface area contributed by atoms with E-state index in [1.165, 1.54) is 154 Å². The summed E-state index contributed by atoms with van der Waals surface area (Å²) in [7, 11) is 1.59. The van der Waals surface area contributed by atoms with Crippen LogP contribution in [0.2, 0.25) is 0 Å². The summed E-state index contributed by atoms with van der Waals surface area (Å²) in [6.45, 7) is 13.9. The molecule has 0 saturated carbocycles. The van der Waals surface area contributed by atoms with Crippen molar-refractivity contribution in [1.82, 2.24) is 0 Å². The zero-order valence-corrected chi connectivity index (χ0v) is 36.6. The van der Waals surface area contributed by atoms with E-state index in [0.717, 1.165) is 0 Å².